The van der Waals surface area contributed by atoms with E-state index < -0.39 is 0 Å². The normalized spacial score (nSPS) is 15.2. The molecule has 1 aliphatic heterocycles. The standard InChI is InChI=1S/C27H30N2/c1-3-11-25(12-4-1)27(26-13-5-2-6-14-26)21-23-15-19-29(20-16-23)18-8-10-24-9-7-17-28-22-24/h1-7,9,11-14,17,21-23H,8,10,15-16,18-20H2. The maximum atomic E-state index is 4.22. The number of hydrogen-bond acceptors (Lipinski definition) is 2. The first-order valence-electron chi connectivity index (χ1n) is 10.8. The number of benzene rings is 2. The number of pyridine rings is 1. The number of rotatable bonds is 7. The zero-order valence-corrected chi connectivity index (χ0v) is 17.1. The summed E-state index contributed by atoms with van der Waals surface area (Å²) in [5.41, 5.74) is 5.36. The van der Waals surface area contributed by atoms with E-state index in [9.17, 15) is 0 Å². The quantitative estimate of drug-likeness (QED) is 0.509. The van der Waals surface area contributed by atoms with Gasteiger partial charge in [0.05, 0.1) is 0 Å². The Hall–Kier alpha value is -2.71. The van der Waals surface area contributed by atoms with Crippen LogP contribution in [0.1, 0.15) is 36.0 Å². The molecule has 0 aliphatic carbocycles. The summed E-state index contributed by atoms with van der Waals surface area (Å²) in [5, 5.41) is 0. The molecule has 3 aromatic rings. The molecule has 0 spiro atoms. The van der Waals surface area contributed by atoms with Crippen molar-refractivity contribution in [1.29, 1.82) is 0 Å². The van der Waals surface area contributed by atoms with Crippen LogP contribution in [0.15, 0.2) is 91.3 Å². The third-order valence-corrected chi connectivity index (χ3v) is 5.87. The summed E-state index contributed by atoms with van der Waals surface area (Å²) in [6.45, 7) is 3.59. The van der Waals surface area contributed by atoms with E-state index in [1.807, 2.05) is 18.5 Å². The molecule has 2 aromatic carbocycles. The molecule has 1 aliphatic rings. The second-order valence-corrected chi connectivity index (χ2v) is 7.96. The van der Waals surface area contributed by atoms with Crippen molar-refractivity contribution in [1.82, 2.24) is 9.88 Å². The third-order valence-electron chi connectivity index (χ3n) is 5.87. The molecule has 2 heterocycles. The van der Waals surface area contributed by atoms with Gasteiger partial charge in [-0.1, -0.05) is 72.8 Å². The number of aryl methyl sites for hydroxylation is 1. The lowest BCUT2D eigenvalue weighted by molar-refractivity contribution is 0.201. The van der Waals surface area contributed by atoms with Crippen LogP contribution in [0, 0.1) is 5.92 Å². The van der Waals surface area contributed by atoms with Crippen molar-refractivity contribution in [3.8, 4) is 0 Å². The number of nitrogens with zero attached hydrogens (tertiary/aromatic N) is 2. The Morgan fingerprint density at radius 1 is 0.862 bits per heavy atom. The van der Waals surface area contributed by atoms with Gasteiger partial charge < -0.3 is 4.90 Å². The van der Waals surface area contributed by atoms with Crippen LogP contribution in [-0.2, 0) is 6.42 Å². The molecule has 1 fully saturated rings. The maximum Gasteiger partial charge on any atom is 0.0299 e. The van der Waals surface area contributed by atoms with Crippen molar-refractivity contribution in [2.45, 2.75) is 25.7 Å². The smallest absolute Gasteiger partial charge is 0.0299 e. The Balaban J connectivity index is 1.35. The summed E-state index contributed by atoms with van der Waals surface area (Å²) in [5.74, 6) is 0.653. The monoisotopic (exact) mass is 382 g/mol. The zero-order valence-electron chi connectivity index (χ0n) is 17.1. The van der Waals surface area contributed by atoms with E-state index in [2.05, 4.69) is 82.7 Å². The van der Waals surface area contributed by atoms with Gasteiger partial charge in [0.25, 0.3) is 0 Å². The second-order valence-electron chi connectivity index (χ2n) is 7.96. The van der Waals surface area contributed by atoms with Crippen LogP contribution in [0.4, 0.5) is 0 Å². The van der Waals surface area contributed by atoms with Crippen LogP contribution in [0.25, 0.3) is 5.57 Å². The molecule has 29 heavy (non-hydrogen) atoms. The van der Waals surface area contributed by atoms with Gasteiger partial charge in [-0.25, -0.2) is 0 Å². The molecule has 2 nitrogen and oxygen atoms in total. The minimum absolute atomic E-state index is 0.653. The fraction of sp³-hybridized carbons (Fsp3) is 0.296. The van der Waals surface area contributed by atoms with Gasteiger partial charge in [-0.2, -0.15) is 0 Å². The first-order valence-corrected chi connectivity index (χ1v) is 10.8. The number of piperidine rings is 1. The highest BCUT2D eigenvalue weighted by atomic mass is 15.1. The van der Waals surface area contributed by atoms with Crippen molar-refractivity contribution in [3.05, 3.63) is 108 Å². The number of aromatic nitrogens is 1. The molecule has 0 saturated carbocycles. The highest BCUT2D eigenvalue weighted by molar-refractivity contribution is 5.79. The van der Waals surface area contributed by atoms with E-state index >= 15 is 0 Å². The molecule has 0 unspecified atom stereocenters. The van der Waals surface area contributed by atoms with E-state index in [0.717, 1.165) is 6.42 Å². The van der Waals surface area contributed by atoms with Crippen molar-refractivity contribution in [3.63, 3.8) is 0 Å². The van der Waals surface area contributed by atoms with Crippen LogP contribution in [0.2, 0.25) is 0 Å². The Bertz CT molecular complexity index is 838. The number of likely N-dealkylation sites (tertiary alicyclic amines) is 1. The molecular weight excluding hydrogens is 352 g/mol. The largest absolute Gasteiger partial charge is 0.303 e. The molecule has 148 valence electrons. The summed E-state index contributed by atoms with van der Waals surface area (Å²) in [6.07, 6.45) is 11.2. The molecular formula is C27H30N2. The molecule has 0 radical (unpaired) electrons. The van der Waals surface area contributed by atoms with Crippen molar-refractivity contribution >= 4 is 5.57 Å². The number of hydrogen-bond donors (Lipinski definition) is 0. The lowest BCUT2D eigenvalue weighted by Gasteiger charge is -2.31. The average Bonchev–Trinajstić information content (AvgIpc) is 2.80. The Kier molecular flexibility index (Phi) is 6.88. The molecule has 0 atom stereocenters. The lowest BCUT2D eigenvalue weighted by atomic mass is 9.89. The summed E-state index contributed by atoms with van der Waals surface area (Å²) < 4.78 is 0. The van der Waals surface area contributed by atoms with E-state index in [1.54, 1.807) is 0 Å². The van der Waals surface area contributed by atoms with Gasteiger partial charge >= 0.3 is 0 Å². The summed E-state index contributed by atoms with van der Waals surface area (Å²) in [4.78, 5) is 6.85. The first kappa shape index (κ1) is 19.6. The van der Waals surface area contributed by atoms with Gasteiger partial charge in [-0.05, 0) is 79.6 Å². The zero-order chi connectivity index (χ0) is 19.7. The fourth-order valence-corrected chi connectivity index (χ4v) is 4.23. The molecule has 1 saturated heterocycles. The fourth-order valence-electron chi connectivity index (χ4n) is 4.23. The molecule has 1 aromatic heterocycles. The molecule has 4 rings (SSSR count). The number of allylic oxidation sites excluding steroid dienone is 1. The van der Waals surface area contributed by atoms with Crippen LogP contribution in [0.3, 0.4) is 0 Å². The van der Waals surface area contributed by atoms with E-state index in [1.165, 1.54) is 61.2 Å². The van der Waals surface area contributed by atoms with Crippen LogP contribution < -0.4 is 0 Å². The average molecular weight is 383 g/mol. The van der Waals surface area contributed by atoms with Crippen LogP contribution in [0.5, 0.6) is 0 Å². The summed E-state index contributed by atoms with van der Waals surface area (Å²) in [6, 6.07) is 25.9. The predicted molar refractivity (Wildman–Crippen MR) is 122 cm³/mol. The highest BCUT2D eigenvalue weighted by Gasteiger charge is 2.18. The molecule has 0 bridgehead atoms. The second kappa shape index (κ2) is 10.2. The molecule has 0 amide bonds. The Morgan fingerprint density at radius 3 is 2.10 bits per heavy atom. The van der Waals surface area contributed by atoms with Crippen LogP contribution >= 0.6 is 0 Å². The first-order chi connectivity index (χ1) is 14.4. The SMILES string of the molecule is C(=C(c1ccccc1)c1ccccc1)C1CCN(CCCc2cccnc2)CC1. The van der Waals surface area contributed by atoms with Gasteiger partial charge in [0.15, 0.2) is 0 Å². The van der Waals surface area contributed by atoms with E-state index in [0.29, 0.717) is 5.92 Å². The van der Waals surface area contributed by atoms with E-state index in [4.69, 9.17) is 0 Å². The van der Waals surface area contributed by atoms with Gasteiger partial charge in [0.1, 0.15) is 0 Å². The molecule has 2 heteroatoms. The predicted octanol–water partition coefficient (Wildman–Crippen LogP) is 5.86. The summed E-state index contributed by atoms with van der Waals surface area (Å²) in [7, 11) is 0. The minimum Gasteiger partial charge on any atom is -0.303 e. The lowest BCUT2D eigenvalue weighted by Crippen LogP contribution is -2.34. The van der Waals surface area contributed by atoms with Crippen molar-refractivity contribution < 1.29 is 0 Å². The van der Waals surface area contributed by atoms with Crippen molar-refractivity contribution in [2.75, 3.05) is 19.6 Å². The molecule has 0 N–H and O–H groups in total. The summed E-state index contributed by atoms with van der Waals surface area (Å²) >= 11 is 0. The van der Waals surface area contributed by atoms with Gasteiger partial charge in [0.2, 0.25) is 0 Å². The van der Waals surface area contributed by atoms with Gasteiger partial charge in [-0.3, -0.25) is 4.98 Å². The Morgan fingerprint density at radius 2 is 1.52 bits per heavy atom. The topological polar surface area (TPSA) is 16.1 Å². The highest BCUT2D eigenvalue weighted by Crippen LogP contribution is 2.28. The van der Waals surface area contributed by atoms with Gasteiger partial charge in [0, 0.05) is 12.4 Å². The van der Waals surface area contributed by atoms with Crippen LogP contribution in [-0.4, -0.2) is 29.5 Å². The van der Waals surface area contributed by atoms with Gasteiger partial charge in [-0.15, -0.1) is 0 Å². The minimum atomic E-state index is 0.653. The maximum absolute atomic E-state index is 4.22. The third kappa shape index (κ3) is 5.65. The van der Waals surface area contributed by atoms with Crippen molar-refractivity contribution in [2.24, 2.45) is 5.92 Å². The van der Waals surface area contributed by atoms with E-state index in [-0.39, 0.29) is 0 Å². The Labute approximate surface area is 174 Å².